The Bertz CT molecular complexity index is 609. The molecule has 1 saturated carbocycles. The van der Waals surface area contributed by atoms with E-state index >= 15 is 0 Å². The highest BCUT2D eigenvalue weighted by Crippen LogP contribution is 2.47. The maximum Gasteiger partial charge on any atom is 0.247 e. The first kappa shape index (κ1) is 15.5. The van der Waals surface area contributed by atoms with Crippen molar-refractivity contribution >= 4 is 26.0 Å². The number of halogens is 1. The smallest absolute Gasteiger partial charge is 0.247 e. The molecule has 5 nitrogen and oxygen atoms in total. The zero-order valence-corrected chi connectivity index (χ0v) is 14.2. The average molecular weight is 378 g/mol. The summed E-state index contributed by atoms with van der Waals surface area (Å²) in [5.74, 6) is 0.254. The second-order valence-electron chi connectivity index (χ2n) is 6.12. The highest BCUT2D eigenvalue weighted by molar-refractivity contribution is 9.10. The molecule has 21 heavy (non-hydrogen) atoms. The van der Waals surface area contributed by atoms with Gasteiger partial charge in [0.2, 0.25) is 10.0 Å². The van der Waals surface area contributed by atoms with E-state index in [0.717, 1.165) is 12.8 Å². The number of furan rings is 1. The van der Waals surface area contributed by atoms with Gasteiger partial charge in [0.05, 0.1) is 0 Å². The Balaban J connectivity index is 1.78. The molecule has 2 heterocycles. The molecule has 1 aliphatic carbocycles. The molecule has 0 bridgehead atoms. The molecule has 3 rings (SSSR count). The maximum absolute atomic E-state index is 12.7. The molecular formula is C14H20BrNO4S. The Morgan fingerprint density at radius 2 is 1.86 bits per heavy atom. The fraction of sp³-hybridized carbons (Fsp3) is 0.714. The lowest BCUT2D eigenvalue weighted by atomic mass is 9.78. The Kier molecular flexibility index (Phi) is 4.20. The van der Waals surface area contributed by atoms with Gasteiger partial charge in [-0.1, -0.05) is 12.8 Å². The van der Waals surface area contributed by atoms with E-state index in [-0.39, 0.29) is 21.9 Å². The van der Waals surface area contributed by atoms with Gasteiger partial charge in [-0.3, -0.25) is 0 Å². The predicted octanol–water partition coefficient (Wildman–Crippen LogP) is 2.88. The number of hydrogen-bond acceptors (Lipinski definition) is 4. The summed E-state index contributed by atoms with van der Waals surface area (Å²) in [4.78, 5) is 0.119. The van der Waals surface area contributed by atoms with Crippen LogP contribution in [0.3, 0.4) is 0 Å². The molecule has 118 valence electrons. The number of nitrogens with zero attached hydrogens (tertiary/aromatic N) is 1. The SMILES string of the molecule is O=S(=O)(c1cc(CO)oc1Br)N1CCC2(CCCC2)CC1. The minimum absolute atomic E-state index is 0.119. The van der Waals surface area contributed by atoms with E-state index in [9.17, 15) is 8.42 Å². The van der Waals surface area contributed by atoms with Crippen LogP contribution in [-0.2, 0) is 16.6 Å². The summed E-state index contributed by atoms with van der Waals surface area (Å²) in [5.41, 5.74) is 0.385. The lowest BCUT2D eigenvalue weighted by Crippen LogP contribution is -2.42. The standard InChI is InChI=1S/C14H20BrNO4S/c15-13-12(9-11(10-17)20-13)21(18,19)16-7-5-14(6-8-16)3-1-2-4-14/h9,17H,1-8,10H2. The summed E-state index contributed by atoms with van der Waals surface area (Å²) in [5, 5.41) is 9.07. The van der Waals surface area contributed by atoms with E-state index in [2.05, 4.69) is 15.9 Å². The van der Waals surface area contributed by atoms with Crippen molar-refractivity contribution < 1.29 is 17.9 Å². The first-order chi connectivity index (χ1) is 9.97. The molecule has 1 aromatic heterocycles. The van der Waals surface area contributed by atoms with Crippen molar-refractivity contribution in [2.45, 2.75) is 50.0 Å². The van der Waals surface area contributed by atoms with Gasteiger partial charge in [-0.25, -0.2) is 8.42 Å². The van der Waals surface area contributed by atoms with Crippen LogP contribution in [0.1, 0.15) is 44.3 Å². The molecule has 1 spiro atoms. The molecular weight excluding hydrogens is 358 g/mol. The zero-order valence-electron chi connectivity index (χ0n) is 11.8. The second kappa shape index (κ2) is 5.68. The summed E-state index contributed by atoms with van der Waals surface area (Å²) in [6, 6.07) is 1.40. The molecule has 0 amide bonds. The number of aliphatic hydroxyl groups is 1. The molecule has 7 heteroatoms. The van der Waals surface area contributed by atoms with Crippen LogP contribution in [0, 0.1) is 5.41 Å². The van der Waals surface area contributed by atoms with Crippen molar-refractivity contribution in [3.05, 3.63) is 16.5 Å². The Hall–Kier alpha value is -0.370. The minimum Gasteiger partial charge on any atom is -0.450 e. The molecule has 1 saturated heterocycles. The van der Waals surface area contributed by atoms with Gasteiger partial charge in [-0.2, -0.15) is 4.31 Å². The minimum atomic E-state index is -3.55. The van der Waals surface area contributed by atoms with Gasteiger partial charge in [0, 0.05) is 19.2 Å². The third-order valence-electron chi connectivity index (χ3n) is 4.93. The number of piperidine rings is 1. The van der Waals surface area contributed by atoms with E-state index in [1.807, 2.05) is 0 Å². The predicted molar refractivity (Wildman–Crippen MR) is 81.2 cm³/mol. The molecule has 0 atom stereocenters. The van der Waals surface area contributed by atoms with Crippen molar-refractivity contribution in [2.24, 2.45) is 5.41 Å². The first-order valence-electron chi connectivity index (χ1n) is 7.36. The van der Waals surface area contributed by atoms with Gasteiger partial charge in [0.15, 0.2) is 4.67 Å². The van der Waals surface area contributed by atoms with Gasteiger partial charge < -0.3 is 9.52 Å². The van der Waals surface area contributed by atoms with Crippen LogP contribution < -0.4 is 0 Å². The number of sulfonamides is 1. The summed E-state index contributed by atoms with van der Waals surface area (Å²) in [6.45, 7) is 0.847. The van der Waals surface area contributed by atoms with Crippen molar-refractivity contribution in [3.63, 3.8) is 0 Å². The maximum atomic E-state index is 12.7. The summed E-state index contributed by atoms with van der Waals surface area (Å²) in [6.07, 6.45) is 6.94. The van der Waals surface area contributed by atoms with E-state index in [1.54, 1.807) is 4.31 Å². The van der Waals surface area contributed by atoms with Crippen molar-refractivity contribution in [2.75, 3.05) is 13.1 Å². The number of aliphatic hydroxyl groups excluding tert-OH is 1. The summed E-state index contributed by atoms with van der Waals surface area (Å²) in [7, 11) is -3.55. The molecule has 1 N–H and O–H groups in total. The third kappa shape index (κ3) is 2.81. The van der Waals surface area contributed by atoms with E-state index < -0.39 is 10.0 Å². The molecule has 1 aromatic rings. The largest absolute Gasteiger partial charge is 0.450 e. The van der Waals surface area contributed by atoms with E-state index in [0.29, 0.717) is 18.5 Å². The molecule has 1 aliphatic heterocycles. The highest BCUT2D eigenvalue weighted by atomic mass is 79.9. The van der Waals surface area contributed by atoms with Crippen molar-refractivity contribution in [1.82, 2.24) is 4.31 Å². The lowest BCUT2D eigenvalue weighted by Gasteiger charge is -2.38. The second-order valence-corrected chi connectivity index (χ2v) is 8.75. The normalized spacial score (nSPS) is 23.0. The van der Waals surface area contributed by atoms with Crippen LogP contribution in [0.2, 0.25) is 0 Å². The molecule has 2 fully saturated rings. The fourth-order valence-electron chi connectivity index (χ4n) is 3.62. The Morgan fingerprint density at radius 3 is 2.38 bits per heavy atom. The molecule has 0 aromatic carbocycles. The average Bonchev–Trinajstić information content (AvgIpc) is 3.07. The summed E-state index contributed by atoms with van der Waals surface area (Å²) >= 11 is 3.14. The van der Waals surface area contributed by atoms with E-state index in [1.165, 1.54) is 31.7 Å². The van der Waals surface area contributed by atoms with Crippen LogP contribution in [-0.4, -0.2) is 30.9 Å². The van der Waals surface area contributed by atoms with Gasteiger partial charge >= 0.3 is 0 Å². The van der Waals surface area contributed by atoms with Crippen LogP contribution in [0.5, 0.6) is 0 Å². The number of hydrogen-bond donors (Lipinski definition) is 1. The van der Waals surface area contributed by atoms with Gasteiger partial charge in [0.25, 0.3) is 0 Å². The monoisotopic (exact) mass is 377 g/mol. The Labute approximate surface area is 133 Å². The van der Waals surface area contributed by atoms with Gasteiger partial charge in [-0.15, -0.1) is 0 Å². The van der Waals surface area contributed by atoms with Crippen LogP contribution in [0.15, 0.2) is 20.0 Å². The van der Waals surface area contributed by atoms with Crippen LogP contribution in [0.4, 0.5) is 0 Å². The first-order valence-corrected chi connectivity index (χ1v) is 9.59. The molecule has 0 unspecified atom stereocenters. The molecule has 2 aliphatic rings. The van der Waals surface area contributed by atoms with Gasteiger partial charge in [-0.05, 0) is 47.0 Å². The number of rotatable bonds is 3. The Morgan fingerprint density at radius 1 is 1.24 bits per heavy atom. The van der Waals surface area contributed by atoms with Crippen LogP contribution >= 0.6 is 15.9 Å². The van der Waals surface area contributed by atoms with Crippen LogP contribution in [0.25, 0.3) is 0 Å². The quantitative estimate of drug-likeness (QED) is 0.878. The van der Waals surface area contributed by atoms with Crippen molar-refractivity contribution in [1.29, 1.82) is 0 Å². The highest BCUT2D eigenvalue weighted by Gasteiger charge is 2.40. The lowest BCUT2D eigenvalue weighted by molar-refractivity contribution is 0.160. The molecule has 0 radical (unpaired) electrons. The fourth-order valence-corrected chi connectivity index (χ4v) is 6.02. The summed E-state index contributed by atoms with van der Waals surface area (Å²) < 4.78 is 32.3. The zero-order chi connectivity index (χ0) is 15.1. The van der Waals surface area contributed by atoms with Crippen molar-refractivity contribution in [3.8, 4) is 0 Å². The van der Waals surface area contributed by atoms with Gasteiger partial charge in [0.1, 0.15) is 17.3 Å². The third-order valence-corrected chi connectivity index (χ3v) is 7.68. The van der Waals surface area contributed by atoms with E-state index in [4.69, 9.17) is 9.52 Å². The topological polar surface area (TPSA) is 70.8 Å².